The molecule has 1 N–H and O–H groups in total. The number of hydrazine groups is 1. The van der Waals surface area contributed by atoms with Crippen LogP contribution in [0.2, 0.25) is 0 Å². The molecule has 90 valence electrons. The quantitative estimate of drug-likeness (QED) is 0.702. The van der Waals surface area contributed by atoms with Crippen molar-refractivity contribution in [3.63, 3.8) is 0 Å². The normalized spacial score (nSPS) is 23.5. The fourth-order valence-electron chi connectivity index (χ4n) is 0.984. The summed E-state index contributed by atoms with van der Waals surface area (Å²) in [5.41, 5.74) is 0. The summed E-state index contributed by atoms with van der Waals surface area (Å²) < 4.78 is 39.0. The van der Waals surface area contributed by atoms with Gasteiger partial charge in [0.15, 0.2) is 0 Å². The molecule has 0 saturated carbocycles. The molecule has 1 rings (SSSR count). The highest BCUT2D eigenvalue weighted by atomic mass is 32.2. The molecule has 1 saturated heterocycles. The number of hydrogen-bond acceptors (Lipinski definition) is 5. The molecule has 15 heavy (non-hydrogen) atoms. The fraction of sp³-hybridized carbons (Fsp3) is 1.00. The second-order valence-electron chi connectivity index (χ2n) is 2.57. The Morgan fingerprint density at radius 3 is 2.47 bits per heavy atom. The van der Waals surface area contributed by atoms with E-state index in [9.17, 15) is 8.77 Å². The first-order valence-corrected chi connectivity index (χ1v) is 7.18. The molecule has 0 radical (unpaired) electrons. The minimum atomic E-state index is -3.40. The van der Waals surface area contributed by atoms with Crippen LogP contribution in [0.4, 0.5) is 0 Å². The molecule has 0 aromatic carbocycles. The molecule has 1 atom stereocenters. The van der Waals surface area contributed by atoms with Crippen LogP contribution >= 0.6 is 7.75 Å². The SMILES string of the molecule is CCOP(=O)(NN1CCOS1=O)OCC. The van der Waals surface area contributed by atoms with Gasteiger partial charge in [-0.1, -0.05) is 0 Å². The van der Waals surface area contributed by atoms with Gasteiger partial charge in [0.1, 0.15) is 0 Å². The molecule has 0 aliphatic carbocycles. The molecule has 1 unspecified atom stereocenters. The Morgan fingerprint density at radius 1 is 1.47 bits per heavy atom. The van der Waals surface area contributed by atoms with Crippen LogP contribution in [0.25, 0.3) is 0 Å². The van der Waals surface area contributed by atoms with Crippen LogP contribution in [0.1, 0.15) is 13.8 Å². The van der Waals surface area contributed by atoms with Gasteiger partial charge in [-0.3, -0.25) is 13.2 Å². The number of nitrogens with zero attached hydrogens (tertiary/aromatic N) is 1. The molecule has 7 nitrogen and oxygen atoms in total. The molecule has 1 aliphatic rings. The third-order valence-electron chi connectivity index (χ3n) is 1.49. The van der Waals surface area contributed by atoms with Gasteiger partial charge < -0.3 is 0 Å². The van der Waals surface area contributed by atoms with Crippen LogP contribution in [0, 0.1) is 0 Å². The summed E-state index contributed by atoms with van der Waals surface area (Å²) in [7, 11) is -3.40. The van der Waals surface area contributed by atoms with Crippen molar-refractivity contribution in [3.05, 3.63) is 0 Å². The van der Waals surface area contributed by atoms with Crippen molar-refractivity contribution < 1.29 is 22.0 Å². The maximum Gasteiger partial charge on any atom is 0.419 e. The van der Waals surface area contributed by atoms with Crippen molar-refractivity contribution in [1.29, 1.82) is 0 Å². The highest BCUT2D eigenvalue weighted by molar-refractivity contribution is 7.78. The zero-order valence-corrected chi connectivity index (χ0v) is 10.4. The van der Waals surface area contributed by atoms with E-state index in [1.807, 2.05) is 0 Å². The Morgan fingerprint density at radius 2 is 2.07 bits per heavy atom. The van der Waals surface area contributed by atoms with Gasteiger partial charge in [0.25, 0.3) is 11.3 Å². The van der Waals surface area contributed by atoms with E-state index in [0.29, 0.717) is 13.2 Å². The topological polar surface area (TPSA) is 77.1 Å². The fourth-order valence-corrected chi connectivity index (χ4v) is 3.36. The molecule has 0 spiro atoms. The number of hydrogen-bond donors (Lipinski definition) is 1. The van der Waals surface area contributed by atoms with Crippen molar-refractivity contribution in [2.45, 2.75) is 13.8 Å². The van der Waals surface area contributed by atoms with Gasteiger partial charge in [-0.2, -0.15) is 0 Å². The van der Waals surface area contributed by atoms with E-state index in [-0.39, 0.29) is 13.2 Å². The lowest BCUT2D eigenvalue weighted by Crippen LogP contribution is -2.35. The average molecular weight is 258 g/mol. The Balaban J connectivity index is 2.57. The molecular weight excluding hydrogens is 243 g/mol. The summed E-state index contributed by atoms with van der Waals surface area (Å²) in [6, 6.07) is 0. The lowest BCUT2D eigenvalue weighted by atomic mass is 10.7. The molecule has 0 aromatic heterocycles. The van der Waals surface area contributed by atoms with Gasteiger partial charge in [0.2, 0.25) is 0 Å². The standard InChI is InChI=1S/C6H15N2O5PS/c1-3-11-14(9,12-4-2)7-8-5-6-13-15(8)10/h3-6H2,1-2H3,(H,7,9). The minimum Gasteiger partial charge on any atom is -0.296 e. The zero-order chi connectivity index (χ0) is 11.3. The first-order chi connectivity index (χ1) is 7.11. The van der Waals surface area contributed by atoms with Crippen molar-refractivity contribution in [2.24, 2.45) is 0 Å². The van der Waals surface area contributed by atoms with Crippen LogP contribution in [0.3, 0.4) is 0 Å². The maximum absolute atomic E-state index is 11.9. The highest BCUT2D eigenvalue weighted by Gasteiger charge is 2.32. The Hall–Kier alpha value is 0.180. The summed E-state index contributed by atoms with van der Waals surface area (Å²) in [6.07, 6.45) is 0. The van der Waals surface area contributed by atoms with Crippen LogP contribution in [-0.2, 0) is 29.1 Å². The van der Waals surface area contributed by atoms with E-state index in [0.717, 1.165) is 0 Å². The zero-order valence-electron chi connectivity index (χ0n) is 8.67. The predicted molar refractivity (Wildman–Crippen MR) is 54.8 cm³/mol. The molecule has 9 heteroatoms. The second-order valence-corrected chi connectivity index (χ2v) is 5.40. The third kappa shape index (κ3) is 3.92. The second kappa shape index (κ2) is 6.05. The van der Waals surface area contributed by atoms with E-state index >= 15 is 0 Å². The van der Waals surface area contributed by atoms with E-state index < -0.39 is 19.0 Å². The van der Waals surface area contributed by atoms with Gasteiger partial charge in [-0.25, -0.2) is 8.77 Å². The molecular formula is C6H15N2O5PS. The Labute approximate surface area is 91.4 Å². The lowest BCUT2D eigenvalue weighted by molar-refractivity contribution is 0.193. The summed E-state index contributed by atoms with van der Waals surface area (Å²) in [5, 5.41) is 2.46. The summed E-state index contributed by atoms with van der Waals surface area (Å²) in [4.78, 5) is 0. The summed E-state index contributed by atoms with van der Waals surface area (Å²) in [5.74, 6) is 0. The molecule has 1 fully saturated rings. The van der Waals surface area contributed by atoms with Gasteiger partial charge >= 0.3 is 7.75 Å². The first kappa shape index (κ1) is 13.2. The van der Waals surface area contributed by atoms with Crippen molar-refractivity contribution in [1.82, 2.24) is 9.61 Å². The Bertz CT molecular complexity index is 266. The smallest absolute Gasteiger partial charge is 0.296 e. The van der Waals surface area contributed by atoms with Crippen LogP contribution < -0.4 is 5.20 Å². The third-order valence-corrected chi connectivity index (χ3v) is 4.31. The van der Waals surface area contributed by atoms with Gasteiger partial charge in [-0.15, -0.1) is 9.61 Å². The van der Waals surface area contributed by atoms with Crippen LogP contribution in [0.5, 0.6) is 0 Å². The summed E-state index contributed by atoms with van der Waals surface area (Å²) in [6.45, 7) is 4.57. The van der Waals surface area contributed by atoms with Gasteiger partial charge in [0, 0.05) is 0 Å². The largest absolute Gasteiger partial charge is 0.419 e. The van der Waals surface area contributed by atoms with E-state index in [4.69, 9.17) is 13.2 Å². The van der Waals surface area contributed by atoms with Crippen molar-refractivity contribution >= 4 is 19.0 Å². The predicted octanol–water partition coefficient (Wildman–Crippen LogP) is 0.583. The first-order valence-electron chi connectivity index (χ1n) is 4.61. The monoisotopic (exact) mass is 258 g/mol. The summed E-state index contributed by atoms with van der Waals surface area (Å²) >= 11 is -1.62. The Kier molecular flexibility index (Phi) is 5.34. The number of rotatable bonds is 6. The maximum atomic E-state index is 11.9. The van der Waals surface area contributed by atoms with Gasteiger partial charge in [-0.05, 0) is 13.8 Å². The highest BCUT2D eigenvalue weighted by Crippen LogP contribution is 2.44. The molecule has 0 amide bonds. The van der Waals surface area contributed by atoms with Crippen molar-refractivity contribution in [3.8, 4) is 0 Å². The van der Waals surface area contributed by atoms with Crippen molar-refractivity contribution in [2.75, 3.05) is 26.4 Å². The van der Waals surface area contributed by atoms with E-state index in [1.54, 1.807) is 13.8 Å². The minimum absolute atomic E-state index is 0.242. The molecule has 0 aromatic rings. The molecule has 1 aliphatic heterocycles. The van der Waals surface area contributed by atoms with E-state index in [2.05, 4.69) is 5.20 Å². The molecule has 1 heterocycles. The average Bonchev–Trinajstić information content (AvgIpc) is 2.52. The van der Waals surface area contributed by atoms with Crippen LogP contribution in [-0.4, -0.2) is 35.0 Å². The molecule has 0 bridgehead atoms. The van der Waals surface area contributed by atoms with E-state index in [1.165, 1.54) is 4.41 Å². The number of nitrogens with one attached hydrogen (secondary N) is 1. The van der Waals surface area contributed by atoms with Crippen LogP contribution in [0.15, 0.2) is 0 Å². The lowest BCUT2D eigenvalue weighted by Gasteiger charge is -2.21. The van der Waals surface area contributed by atoms with Gasteiger partial charge in [0.05, 0.1) is 26.4 Å².